The quantitative estimate of drug-likeness (QED) is 0.247. The van der Waals surface area contributed by atoms with Crippen LogP contribution in [0.4, 0.5) is 5.69 Å². The number of sulfonamides is 1. The van der Waals surface area contributed by atoms with Crippen LogP contribution in [-0.4, -0.2) is 21.5 Å². The van der Waals surface area contributed by atoms with Crippen molar-refractivity contribution in [3.8, 4) is 5.75 Å². The maximum absolute atomic E-state index is 12.8. The molecule has 0 aliphatic rings. The number of rotatable bonds is 11. The fraction of sp³-hybridized carbons (Fsp3) is 0.167. The minimum Gasteiger partial charge on any atom is -0.489 e. The SMILES string of the molecule is COC(=O)c1ccc(CCCc2cc(NS(=O)(=O)c3ccccc3)ccc2OCc2ccccc2)cc1. The Balaban J connectivity index is 1.49. The van der Waals surface area contributed by atoms with Gasteiger partial charge in [0.25, 0.3) is 10.0 Å². The van der Waals surface area contributed by atoms with Crippen molar-refractivity contribution >= 4 is 21.7 Å². The van der Waals surface area contributed by atoms with Gasteiger partial charge in [0, 0.05) is 5.69 Å². The molecule has 7 heteroatoms. The van der Waals surface area contributed by atoms with Crippen LogP contribution in [0.5, 0.6) is 5.75 Å². The monoisotopic (exact) mass is 515 g/mol. The van der Waals surface area contributed by atoms with E-state index < -0.39 is 10.0 Å². The second kappa shape index (κ2) is 12.2. The molecule has 0 bridgehead atoms. The second-order valence-corrected chi connectivity index (χ2v) is 10.2. The van der Waals surface area contributed by atoms with Gasteiger partial charge in [0.2, 0.25) is 0 Å². The molecule has 0 amide bonds. The zero-order valence-electron chi connectivity index (χ0n) is 20.6. The highest BCUT2D eigenvalue weighted by atomic mass is 32.2. The van der Waals surface area contributed by atoms with Crippen molar-refractivity contribution in [3.05, 3.63) is 125 Å². The highest BCUT2D eigenvalue weighted by Crippen LogP contribution is 2.27. The van der Waals surface area contributed by atoms with Crippen LogP contribution >= 0.6 is 0 Å². The Morgan fingerprint density at radius 1 is 0.784 bits per heavy atom. The summed E-state index contributed by atoms with van der Waals surface area (Å²) in [6.07, 6.45) is 2.29. The van der Waals surface area contributed by atoms with Crippen LogP contribution in [-0.2, 0) is 34.2 Å². The molecule has 1 N–H and O–H groups in total. The second-order valence-electron chi connectivity index (χ2n) is 8.56. The molecule has 4 aromatic carbocycles. The maximum atomic E-state index is 12.8. The summed E-state index contributed by atoms with van der Waals surface area (Å²) in [6.45, 7) is 0.415. The number of hydrogen-bond acceptors (Lipinski definition) is 5. The van der Waals surface area contributed by atoms with Gasteiger partial charge in [-0.05, 0) is 78.4 Å². The predicted octanol–water partition coefficient (Wildman–Crippen LogP) is 6.03. The number of anilines is 1. The third kappa shape index (κ3) is 7.21. The molecule has 0 saturated heterocycles. The van der Waals surface area contributed by atoms with Gasteiger partial charge in [-0.25, -0.2) is 13.2 Å². The zero-order chi connectivity index (χ0) is 26.1. The number of carbonyl (C=O) groups excluding carboxylic acids is 1. The van der Waals surface area contributed by atoms with Gasteiger partial charge in [0.15, 0.2) is 0 Å². The van der Waals surface area contributed by atoms with Crippen molar-refractivity contribution in [1.82, 2.24) is 0 Å². The van der Waals surface area contributed by atoms with E-state index >= 15 is 0 Å². The molecule has 0 aromatic heterocycles. The van der Waals surface area contributed by atoms with Gasteiger partial charge in [-0.3, -0.25) is 4.72 Å². The average molecular weight is 516 g/mol. The first-order valence-electron chi connectivity index (χ1n) is 12.0. The summed E-state index contributed by atoms with van der Waals surface area (Å²) in [5.74, 6) is 0.356. The van der Waals surface area contributed by atoms with E-state index in [0.717, 1.165) is 29.5 Å². The molecule has 0 heterocycles. The van der Waals surface area contributed by atoms with Crippen LogP contribution in [0.2, 0.25) is 0 Å². The smallest absolute Gasteiger partial charge is 0.337 e. The van der Waals surface area contributed by atoms with Crippen molar-refractivity contribution in [2.75, 3.05) is 11.8 Å². The number of hydrogen-bond donors (Lipinski definition) is 1. The lowest BCUT2D eigenvalue weighted by atomic mass is 10.0. The molecular weight excluding hydrogens is 486 g/mol. The van der Waals surface area contributed by atoms with Crippen LogP contribution in [0.15, 0.2) is 108 Å². The topological polar surface area (TPSA) is 81.7 Å². The van der Waals surface area contributed by atoms with E-state index in [1.165, 1.54) is 7.11 Å². The van der Waals surface area contributed by atoms with Crippen LogP contribution in [0, 0.1) is 0 Å². The lowest BCUT2D eigenvalue weighted by molar-refractivity contribution is 0.0600. The van der Waals surface area contributed by atoms with Gasteiger partial charge >= 0.3 is 5.97 Å². The molecule has 0 fully saturated rings. The Hall–Kier alpha value is -4.10. The van der Waals surface area contributed by atoms with E-state index in [4.69, 9.17) is 9.47 Å². The molecule has 4 aromatic rings. The minimum atomic E-state index is -3.70. The summed E-state index contributed by atoms with van der Waals surface area (Å²) in [4.78, 5) is 11.9. The summed E-state index contributed by atoms with van der Waals surface area (Å²) in [6, 6.07) is 30.9. The van der Waals surface area contributed by atoms with Crippen LogP contribution < -0.4 is 9.46 Å². The summed E-state index contributed by atoms with van der Waals surface area (Å²) >= 11 is 0. The van der Waals surface area contributed by atoms with Crippen LogP contribution in [0.3, 0.4) is 0 Å². The molecule has 0 unspecified atom stereocenters. The van der Waals surface area contributed by atoms with Gasteiger partial charge in [0.1, 0.15) is 12.4 Å². The van der Waals surface area contributed by atoms with Crippen molar-refractivity contribution in [2.24, 2.45) is 0 Å². The predicted molar refractivity (Wildman–Crippen MR) is 144 cm³/mol. The van der Waals surface area contributed by atoms with E-state index in [1.807, 2.05) is 54.6 Å². The van der Waals surface area contributed by atoms with Gasteiger partial charge < -0.3 is 9.47 Å². The summed E-state index contributed by atoms with van der Waals surface area (Å²) in [5.41, 5.74) is 4.05. The first-order valence-corrected chi connectivity index (χ1v) is 13.5. The first-order chi connectivity index (χ1) is 17.9. The van der Waals surface area contributed by atoms with E-state index in [-0.39, 0.29) is 10.9 Å². The highest BCUT2D eigenvalue weighted by Gasteiger charge is 2.15. The molecule has 6 nitrogen and oxygen atoms in total. The fourth-order valence-electron chi connectivity index (χ4n) is 3.94. The number of nitrogens with one attached hydrogen (secondary N) is 1. The van der Waals surface area contributed by atoms with Gasteiger partial charge in [-0.1, -0.05) is 60.7 Å². The van der Waals surface area contributed by atoms with Crippen molar-refractivity contribution < 1.29 is 22.7 Å². The average Bonchev–Trinajstić information content (AvgIpc) is 2.93. The number of methoxy groups -OCH3 is 1. The summed E-state index contributed by atoms with van der Waals surface area (Å²) < 4.78 is 39.2. The molecule has 4 rings (SSSR count). The third-order valence-corrected chi connectivity index (χ3v) is 7.29. The molecule has 37 heavy (non-hydrogen) atoms. The Bertz CT molecular complexity index is 1420. The summed E-state index contributed by atoms with van der Waals surface area (Å²) in [5, 5.41) is 0. The number of esters is 1. The number of carbonyl (C=O) groups is 1. The normalized spacial score (nSPS) is 11.1. The van der Waals surface area contributed by atoms with E-state index in [9.17, 15) is 13.2 Å². The van der Waals surface area contributed by atoms with Crippen LogP contribution in [0.25, 0.3) is 0 Å². The van der Waals surface area contributed by atoms with E-state index in [1.54, 1.807) is 48.5 Å². The molecular formula is C30H29NO5S. The van der Waals surface area contributed by atoms with Gasteiger partial charge in [0.05, 0.1) is 17.6 Å². The van der Waals surface area contributed by atoms with Crippen LogP contribution in [0.1, 0.15) is 33.5 Å². The molecule has 0 saturated carbocycles. The lowest BCUT2D eigenvalue weighted by Crippen LogP contribution is -2.13. The minimum absolute atomic E-state index is 0.205. The molecule has 0 aliphatic carbocycles. The highest BCUT2D eigenvalue weighted by molar-refractivity contribution is 7.92. The Morgan fingerprint density at radius 3 is 2.14 bits per heavy atom. The zero-order valence-corrected chi connectivity index (χ0v) is 21.4. The molecule has 0 atom stereocenters. The van der Waals surface area contributed by atoms with Crippen molar-refractivity contribution in [3.63, 3.8) is 0 Å². The van der Waals surface area contributed by atoms with E-state index in [2.05, 4.69) is 4.72 Å². The summed E-state index contributed by atoms with van der Waals surface area (Å²) in [7, 11) is -2.34. The Kier molecular flexibility index (Phi) is 8.59. The Morgan fingerprint density at radius 2 is 1.46 bits per heavy atom. The fourth-order valence-corrected chi connectivity index (χ4v) is 5.01. The first kappa shape index (κ1) is 26.0. The van der Waals surface area contributed by atoms with Gasteiger partial charge in [-0.2, -0.15) is 0 Å². The molecule has 0 radical (unpaired) electrons. The Labute approximate surface area is 217 Å². The number of benzene rings is 4. The lowest BCUT2D eigenvalue weighted by Gasteiger charge is -2.15. The molecule has 190 valence electrons. The largest absolute Gasteiger partial charge is 0.489 e. The molecule has 0 aliphatic heterocycles. The number of ether oxygens (including phenoxy) is 2. The number of aryl methyl sites for hydroxylation is 2. The standard InChI is InChI=1S/C30H29NO5S/c1-35-30(32)25-17-15-23(16-18-25)11-8-12-26-21-27(31-37(33,34)28-13-6-3-7-14-28)19-20-29(26)36-22-24-9-4-2-5-10-24/h2-7,9-10,13-21,31H,8,11-12,22H2,1H3. The van der Waals surface area contributed by atoms with Crippen molar-refractivity contribution in [2.45, 2.75) is 30.8 Å². The van der Waals surface area contributed by atoms with E-state index in [0.29, 0.717) is 30.0 Å². The van der Waals surface area contributed by atoms with Crippen molar-refractivity contribution in [1.29, 1.82) is 0 Å². The van der Waals surface area contributed by atoms with Gasteiger partial charge in [-0.15, -0.1) is 0 Å². The maximum Gasteiger partial charge on any atom is 0.337 e. The molecule has 0 spiro atoms. The third-order valence-electron chi connectivity index (χ3n) is 5.89.